The van der Waals surface area contributed by atoms with Gasteiger partial charge in [-0.3, -0.25) is 4.79 Å². The zero-order chi connectivity index (χ0) is 24.5. The molecule has 0 unspecified atom stereocenters. The molecule has 0 bridgehead atoms. The lowest BCUT2D eigenvalue weighted by atomic mass is 10.00. The van der Waals surface area contributed by atoms with Crippen LogP contribution >= 0.6 is 11.6 Å². The summed E-state index contributed by atoms with van der Waals surface area (Å²) in [5, 5.41) is 6.08. The van der Waals surface area contributed by atoms with Crippen molar-refractivity contribution in [2.45, 2.75) is 33.2 Å². The first kappa shape index (κ1) is 23.6. The minimum absolute atomic E-state index is 0.236. The summed E-state index contributed by atoms with van der Waals surface area (Å²) in [6.07, 6.45) is -2.87. The molecule has 12 heteroatoms. The molecule has 1 aromatic heterocycles. The zero-order valence-electron chi connectivity index (χ0n) is 18.2. The SMILES string of the molecule is CC(=O)Nc1c(C)ccc(Nc2ncnc(N3CCc4cc(OC(F)(F)F)ccc4C3)n2)c1Cl. The topological polar surface area (TPSA) is 92.3 Å². The monoisotopic (exact) mass is 492 g/mol. The summed E-state index contributed by atoms with van der Waals surface area (Å²) in [4.78, 5) is 26.2. The van der Waals surface area contributed by atoms with Gasteiger partial charge in [-0.1, -0.05) is 23.7 Å². The van der Waals surface area contributed by atoms with Gasteiger partial charge in [0.2, 0.25) is 17.8 Å². The van der Waals surface area contributed by atoms with E-state index in [4.69, 9.17) is 11.6 Å². The second-order valence-corrected chi connectivity index (χ2v) is 8.06. The first-order valence-corrected chi connectivity index (χ1v) is 10.6. The molecule has 34 heavy (non-hydrogen) atoms. The highest BCUT2D eigenvalue weighted by Gasteiger charge is 2.31. The van der Waals surface area contributed by atoms with E-state index in [2.05, 4.69) is 30.3 Å². The van der Waals surface area contributed by atoms with Crippen LogP contribution in [0.4, 0.5) is 36.4 Å². The number of fused-ring (bicyclic) bond motifs is 1. The molecule has 1 aliphatic heterocycles. The number of hydrogen-bond acceptors (Lipinski definition) is 7. The van der Waals surface area contributed by atoms with Crippen molar-refractivity contribution < 1.29 is 22.7 Å². The van der Waals surface area contributed by atoms with E-state index in [1.165, 1.54) is 25.4 Å². The molecular formula is C22H20ClF3N6O2. The van der Waals surface area contributed by atoms with Crippen LogP contribution in [0, 0.1) is 6.92 Å². The van der Waals surface area contributed by atoms with Gasteiger partial charge in [0, 0.05) is 20.0 Å². The quantitative estimate of drug-likeness (QED) is 0.518. The molecule has 0 atom stereocenters. The number of rotatable bonds is 5. The summed E-state index contributed by atoms with van der Waals surface area (Å²) in [5.74, 6) is 0.181. The summed E-state index contributed by atoms with van der Waals surface area (Å²) in [6, 6.07) is 7.87. The van der Waals surface area contributed by atoms with Crippen molar-refractivity contribution in [3.05, 3.63) is 58.4 Å². The van der Waals surface area contributed by atoms with Gasteiger partial charge in [-0.05, 0) is 48.2 Å². The van der Waals surface area contributed by atoms with E-state index in [1.54, 1.807) is 18.2 Å². The molecule has 0 saturated heterocycles. The Balaban J connectivity index is 1.51. The zero-order valence-corrected chi connectivity index (χ0v) is 19.0. The molecule has 0 spiro atoms. The number of aryl methyl sites for hydroxylation is 1. The minimum Gasteiger partial charge on any atom is -0.406 e. The van der Waals surface area contributed by atoms with Crippen LogP contribution in [0.15, 0.2) is 36.7 Å². The van der Waals surface area contributed by atoms with Gasteiger partial charge >= 0.3 is 6.36 Å². The maximum atomic E-state index is 12.5. The van der Waals surface area contributed by atoms with Gasteiger partial charge in [0.05, 0.1) is 16.4 Å². The Morgan fingerprint density at radius 2 is 1.97 bits per heavy atom. The van der Waals surface area contributed by atoms with Crippen molar-refractivity contribution in [3.63, 3.8) is 0 Å². The van der Waals surface area contributed by atoms with Gasteiger partial charge in [0.15, 0.2) is 0 Å². The van der Waals surface area contributed by atoms with Gasteiger partial charge in [0.25, 0.3) is 0 Å². The number of anilines is 4. The Morgan fingerprint density at radius 3 is 2.71 bits per heavy atom. The number of ether oxygens (including phenoxy) is 1. The molecule has 0 radical (unpaired) electrons. The molecule has 2 heterocycles. The van der Waals surface area contributed by atoms with Crippen LogP contribution in [-0.2, 0) is 17.8 Å². The molecule has 2 N–H and O–H groups in total. The van der Waals surface area contributed by atoms with E-state index in [1.807, 2.05) is 11.8 Å². The maximum absolute atomic E-state index is 12.5. The van der Waals surface area contributed by atoms with Crippen molar-refractivity contribution in [1.29, 1.82) is 0 Å². The number of carbonyl (C=O) groups excluding carboxylic acids is 1. The standard InChI is InChI=1S/C22H20ClF3N6O2/c1-12-3-6-17(18(23)19(12)29-13(2)33)30-20-27-11-28-21(31-20)32-8-7-14-9-16(34-22(24,25)26)5-4-15(14)10-32/h3-6,9,11H,7-8,10H2,1-2H3,(H,29,33)(H,27,28,30,31). The van der Waals surface area contributed by atoms with Gasteiger partial charge in [-0.15, -0.1) is 13.2 Å². The molecule has 3 aromatic rings. The highest BCUT2D eigenvalue weighted by atomic mass is 35.5. The first-order chi connectivity index (χ1) is 16.1. The maximum Gasteiger partial charge on any atom is 0.573 e. The lowest BCUT2D eigenvalue weighted by Crippen LogP contribution is -2.32. The Kier molecular flexibility index (Phi) is 6.47. The number of carbonyl (C=O) groups is 1. The number of amides is 1. The molecular weight excluding hydrogens is 473 g/mol. The predicted octanol–water partition coefficient (Wildman–Crippen LogP) is 5.00. The van der Waals surface area contributed by atoms with E-state index in [-0.39, 0.29) is 17.6 Å². The van der Waals surface area contributed by atoms with Crippen molar-refractivity contribution >= 4 is 40.8 Å². The predicted molar refractivity (Wildman–Crippen MR) is 121 cm³/mol. The lowest BCUT2D eigenvalue weighted by Gasteiger charge is -2.29. The number of aromatic nitrogens is 3. The number of alkyl halides is 3. The fraction of sp³-hybridized carbons (Fsp3) is 0.273. The van der Waals surface area contributed by atoms with Crippen LogP contribution in [-0.4, -0.2) is 33.8 Å². The van der Waals surface area contributed by atoms with Crippen molar-refractivity contribution in [1.82, 2.24) is 15.0 Å². The Hall–Kier alpha value is -3.60. The fourth-order valence-electron chi connectivity index (χ4n) is 3.62. The molecule has 178 valence electrons. The van der Waals surface area contributed by atoms with Crippen LogP contribution in [0.2, 0.25) is 5.02 Å². The average molecular weight is 493 g/mol. The third kappa shape index (κ3) is 5.48. The summed E-state index contributed by atoms with van der Waals surface area (Å²) < 4.78 is 41.5. The summed E-state index contributed by atoms with van der Waals surface area (Å²) in [5.41, 5.74) is 3.45. The van der Waals surface area contributed by atoms with Gasteiger partial charge in [-0.25, -0.2) is 9.97 Å². The lowest BCUT2D eigenvalue weighted by molar-refractivity contribution is -0.274. The number of nitrogens with zero attached hydrogens (tertiary/aromatic N) is 4. The number of hydrogen-bond donors (Lipinski definition) is 2. The summed E-state index contributed by atoms with van der Waals surface area (Å²) in [6.45, 7) is 4.15. The highest BCUT2D eigenvalue weighted by Crippen LogP contribution is 2.35. The molecule has 0 aliphatic carbocycles. The van der Waals surface area contributed by atoms with E-state index in [9.17, 15) is 18.0 Å². The third-order valence-electron chi connectivity index (χ3n) is 5.16. The van der Waals surface area contributed by atoms with E-state index < -0.39 is 6.36 Å². The van der Waals surface area contributed by atoms with Crippen molar-refractivity contribution in [3.8, 4) is 5.75 Å². The minimum atomic E-state index is -4.73. The normalized spacial score (nSPS) is 13.3. The Morgan fingerprint density at radius 1 is 1.18 bits per heavy atom. The second kappa shape index (κ2) is 9.34. The molecule has 1 aliphatic rings. The van der Waals surface area contributed by atoms with Crippen LogP contribution in [0.5, 0.6) is 5.75 Å². The average Bonchev–Trinajstić information content (AvgIpc) is 2.77. The second-order valence-electron chi connectivity index (χ2n) is 7.68. The number of nitrogens with one attached hydrogen (secondary N) is 2. The van der Waals surface area contributed by atoms with Crippen LogP contribution in [0.3, 0.4) is 0 Å². The van der Waals surface area contributed by atoms with Crippen LogP contribution < -0.4 is 20.3 Å². The Bertz CT molecular complexity index is 1240. The molecule has 8 nitrogen and oxygen atoms in total. The van der Waals surface area contributed by atoms with E-state index in [0.717, 1.165) is 16.7 Å². The van der Waals surface area contributed by atoms with Crippen LogP contribution in [0.25, 0.3) is 0 Å². The molecule has 1 amide bonds. The van der Waals surface area contributed by atoms with Crippen molar-refractivity contribution in [2.75, 3.05) is 22.1 Å². The van der Waals surface area contributed by atoms with Gasteiger partial charge in [-0.2, -0.15) is 4.98 Å². The number of benzene rings is 2. The molecule has 4 rings (SSSR count). The third-order valence-corrected chi connectivity index (χ3v) is 5.56. The summed E-state index contributed by atoms with van der Waals surface area (Å²) in [7, 11) is 0. The molecule has 2 aromatic carbocycles. The Labute approximate surface area is 198 Å². The highest BCUT2D eigenvalue weighted by molar-refractivity contribution is 6.36. The van der Waals surface area contributed by atoms with E-state index >= 15 is 0 Å². The fourth-order valence-corrected chi connectivity index (χ4v) is 3.92. The van der Waals surface area contributed by atoms with Crippen molar-refractivity contribution in [2.24, 2.45) is 0 Å². The molecule has 0 saturated carbocycles. The van der Waals surface area contributed by atoms with Crippen LogP contribution in [0.1, 0.15) is 23.6 Å². The van der Waals surface area contributed by atoms with E-state index in [0.29, 0.717) is 41.9 Å². The van der Waals surface area contributed by atoms with Gasteiger partial charge < -0.3 is 20.3 Å². The molecule has 0 fully saturated rings. The number of halogens is 4. The first-order valence-electron chi connectivity index (χ1n) is 10.2. The largest absolute Gasteiger partial charge is 0.573 e. The smallest absolute Gasteiger partial charge is 0.406 e. The summed E-state index contributed by atoms with van der Waals surface area (Å²) >= 11 is 6.47. The van der Waals surface area contributed by atoms with Gasteiger partial charge in [0.1, 0.15) is 12.1 Å².